The van der Waals surface area contributed by atoms with Gasteiger partial charge in [0.15, 0.2) is 0 Å². The first-order valence-corrected chi connectivity index (χ1v) is 13.9. The van der Waals surface area contributed by atoms with E-state index >= 15 is 0 Å². The lowest BCUT2D eigenvalue weighted by Gasteiger charge is -2.60. The van der Waals surface area contributed by atoms with E-state index in [2.05, 4.69) is 53.7 Å². The molecule has 4 aliphatic rings. The largest absolute Gasteiger partial charge is 0.463 e. The molecule has 4 fully saturated rings. The van der Waals surface area contributed by atoms with Crippen molar-refractivity contribution < 1.29 is 14.3 Å². The molecule has 3 nitrogen and oxygen atoms in total. The molecule has 0 spiro atoms. The van der Waals surface area contributed by atoms with Crippen LogP contribution in [0, 0.1) is 58.2 Å². The van der Waals surface area contributed by atoms with E-state index < -0.39 is 0 Å². The number of hydrogen-bond donors (Lipinski definition) is 0. The summed E-state index contributed by atoms with van der Waals surface area (Å²) in [6.07, 6.45) is 13.6. The summed E-state index contributed by atoms with van der Waals surface area (Å²) in [7, 11) is 0. The lowest BCUT2D eigenvalue weighted by molar-refractivity contribution is -0.169. The smallest absolute Gasteiger partial charge is 0.302 e. The average molecular weight is 457 g/mol. The van der Waals surface area contributed by atoms with Crippen LogP contribution in [0.25, 0.3) is 0 Å². The molecule has 0 saturated heterocycles. The highest BCUT2D eigenvalue weighted by atomic mass is 16.5. The number of rotatable bonds is 5. The van der Waals surface area contributed by atoms with Crippen LogP contribution in [-0.2, 0) is 14.3 Å². The molecule has 0 aromatic carbocycles. The summed E-state index contributed by atoms with van der Waals surface area (Å²) in [6.45, 7) is 15.7. The third kappa shape index (κ3) is 4.36. The second kappa shape index (κ2) is 9.15. The molecule has 186 valence electrons. The van der Waals surface area contributed by atoms with Gasteiger partial charge in [-0.3, -0.25) is 9.59 Å². The van der Waals surface area contributed by atoms with Gasteiger partial charge in [-0.25, -0.2) is 0 Å². The number of allylic oxidation sites excluding steroid dienone is 2. The topological polar surface area (TPSA) is 43.4 Å². The van der Waals surface area contributed by atoms with E-state index in [9.17, 15) is 9.59 Å². The first-order chi connectivity index (χ1) is 15.5. The summed E-state index contributed by atoms with van der Waals surface area (Å²) < 4.78 is 5.60. The van der Waals surface area contributed by atoms with E-state index in [4.69, 9.17) is 4.74 Å². The van der Waals surface area contributed by atoms with E-state index in [1.807, 2.05) is 0 Å². The number of Topliss-reactive ketones (excluding diaryl/α,β-unsaturated/α-hetero) is 1. The van der Waals surface area contributed by atoms with Crippen LogP contribution in [0.5, 0.6) is 0 Å². The van der Waals surface area contributed by atoms with Gasteiger partial charge >= 0.3 is 5.97 Å². The van der Waals surface area contributed by atoms with Crippen molar-refractivity contribution in [2.45, 2.75) is 106 Å². The predicted molar refractivity (Wildman–Crippen MR) is 133 cm³/mol. The minimum Gasteiger partial charge on any atom is -0.463 e. The molecule has 3 heteroatoms. The Morgan fingerprint density at radius 1 is 1.00 bits per heavy atom. The Balaban J connectivity index is 1.52. The molecule has 10 atom stereocenters. The van der Waals surface area contributed by atoms with Crippen molar-refractivity contribution in [1.82, 2.24) is 0 Å². The molecule has 4 aliphatic carbocycles. The highest BCUT2D eigenvalue weighted by Crippen LogP contribution is 2.67. The Bertz CT molecular complexity index is 783. The van der Waals surface area contributed by atoms with Gasteiger partial charge in [0.1, 0.15) is 11.9 Å². The van der Waals surface area contributed by atoms with Gasteiger partial charge < -0.3 is 4.74 Å². The molecule has 0 aliphatic heterocycles. The minimum atomic E-state index is -0.162. The first kappa shape index (κ1) is 25.0. The van der Waals surface area contributed by atoms with Gasteiger partial charge in [-0.2, -0.15) is 0 Å². The van der Waals surface area contributed by atoms with Crippen LogP contribution >= 0.6 is 0 Å². The zero-order chi connectivity index (χ0) is 24.1. The highest BCUT2D eigenvalue weighted by molar-refractivity contribution is 5.84. The Kier molecular flexibility index (Phi) is 6.93. The Hall–Kier alpha value is -1.12. The van der Waals surface area contributed by atoms with Crippen molar-refractivity contribution >= 4 is 11.8 Å². The SMILES string of the molecule is CC(=O)O[C@@H]1CC[C@@]2(C)[C@@H](CC[C@H]3[C@@H]4CC[C@H]([C@H](C)/C=C/[C@H](C)C(C)C)[C@@]4(C)CC(=O)[C@@H]32)C1. The molecule has 0 radical (unpaired) electrons. The predicted octanol–water partition coefficient (Wildman–Crippen LogP) is 7.24. The van der Waals surface area contributed by atoms with Gasteiger partial charge in [0, 0.05) is 19.3 Å². The normalized spacial score (nSPS) is 44.8. The molecule has 0 aromatic heterocycles. The number of carbonyl (C=O) groups is 2. The lowest BCUT2D eigenvalue weighted by Crippen LogP contribution is -2.58. The third-order valence-corrected chi connectivity index (χ3v) is 11.1. The van der Waals surface area contributed by atoms with Gasteiger partial charge in [0.25, 0.3) is 0 Å². The maximum absolute atomic E-state index is 13.9. The van der Waals surface area contributed by atoms with E-state index in [1.165, 1.54) is 32.6 Å². The molecule has 4 saturated carbocycles. The maximum atomic E-state index is 13.9. The van der Waals surface area contributed by atoms with Crippen LogP contribution in [0.15, 0.2) is 12.2 Å². The fourth-order valence-corrected chi connectivity index (χ4v) is 8.98. The summed E-state index contributed by atoms with van der Waals surface area (Å²) in [6, 6.07) is 0. The Labute approximate surface area is 202 Å². The summed E-state index contributed by atoms with van der Waals surface area (Å²) in [5.74, 6) is 4.80. The number of hydrogen-bond acceptors (Lipinski definition) is 3. The van der Waals surface area contributed by atoms with Crippen LogP contribution in [-0.4, -0.2) is 17.9 Å². The van der Waals surface area contributed by atoms with Crippen LogP contribution in [0.3, 0.4) is 0 Å². The molecule has 33 heavy (non-hydrogen) atoms. The number of ketones is 1. The van der Waals surface area contributed by atoms with Crippen molar-refractivity contribution in [2.75, 3.05) is 0 Å². The standard InChI is InChI=1S/C30H48O3/c1-18(2)19(3)8-9-20(4)25-12-13-26-24-11-10-22-16-23(33-21(5)31)14-15-29(22,6)28(24)27(32)17-30(25,26)7/h8-9,18-20,22-26,28H,10-17H2,1-7H3/b9-8+/t19-,20+,22-,23+,24-,25+,26-,28+,29-,30+/m0/s1. The zero-order valence-electron chi connectivity index (χ0n) is 22.2. The fraction of sp³-hybridized carbons (Fsp3) is 0.867. The van der Waals surface area contributed by atoms with Crippen LogP contribution in [0.2, 0.25) is 0 Å². The minimum absolute atomic E-state index is 0.0535. The summed E-state index contributed by atoms with van der Waals surface area (Å²) in [5.41, 5.74) is 0.246. The molecule has 0 aromatic rings. The Morgan fingerprint density at radius 2 is 1.73 bits per heavy atom. The van der Waals surface area contributed by atoms with Gasteiger partial charge in [0.2, 0.25) is 0 Å². The van der Waals surface area contributed by atoms with Crippen LogP contribution < -0.4 is 0 Å². The van der Waals surface area contributed by atoms with Crippen molar-refractivity contribution in [3.63, 3.8) is 0 Å². The van der Waals surface area contributed by atoms with Crippen molar-refractivity contribution in [3.8, 4) is 0 Å². The molecule has 0 N–H and O–H groups in total. The van der Waals surface area contributed by atoms with Gasteiger partial charge in [-0.15, -0.1) is 0 Å². The number of esters is 1. The summed E-state index contributed by atoms with van der Waals surface area (Å²) in [4.78, 5) is 25.4. The first-order valence-electron chi connectivity index (χ1n) is 13.9. The van der Waals surface area contributed by atoms with E-state index in [0.29, 0.717) is 47.2 Å². The monoisotopic (exact) mass is 456 g/mol. The number of ether oxygens (including phenoxy) is 1. The molecular formula is C30H48O3. The van der Waals surface area contributed by atoms with E-state index in [0.717, 1.165) is 25.7 Å². The Morgan fingerprint density at radius 3 is 2.39 bits per heavy atom. The van der Waals surface area contributed by atoms with E-state index in [-0.39, 0.29) is 28.8 Å². The van der Waals surface area contributed by atoms with Crippen LogP contribution in [0.1, 0.15) is 99.8 Å². The number of fused-ring (bicyclic) bond motifs is 5. The van der Waals surface area contributed by atoms with Crippen molar-refractivity contribution in [3.05, 3.63) is 12.2 Å². The molecule has 0 bridgehead atoms. The maximum Gasteiger partial charge on any atom is 0.302 e. The van der Waals surface area contributed by atoms with Gasteiger partial charge in [-0.05, 0) is 97.2 Å². The highest BCUT2D eigenvalue weighted by Gasteiger charge is 2.63. The zero-order valence-corrected chi connectivity index (χ0v) is 22.2. The summed E-state index contributed by atoms with van der Waals surface area (Å²) in [5, 5.41) is 0. The molecule has 0 heterocycles. The molecular weight excluding hydrogens is 408 g/mol. The van der Waals surface area contributed by atoms with E-state index in [1.54, 1.807) is 0 Å². The second-order valence-corrected chi connectivity index (χ2v) is 13.2. The quantitative estimate of drug-likeness (QED) is 0.323. The van der Waals surface area contributed by atoms with Gasteiger partial charge in [-0.1, -0.05) is 53.7 Å². The van der Waals surface area contributed by atoms with Crippen molar-refractivity contribution in [1.29, 1.82) is 0 Å². The fourth-order valence-electron chi connectivity index (χ4n) is 8.98. The molecule has 4 rings (SSSR count). The average Bonchev–Trinajstić information content (AvgIpc) is 3.07. The van der Waals surface area contributed by atoms with Gasteiger partial charge in [0.05, 0.1) is 0 Å². The molecule has 0 amide bonds. The molecule has 0 unspecified atom stereocenters. The third-order valence-electron chi connectivity index (χ3n) is 11.1. The van der Waals surface area contributed by atoms with Crippen LogP contribution in [0.4, 0.5) is 0 Å². The number of carbonyl (C=O) groups excluding carboxylic acids is 2. The summed E-state index contributed by atoms with van der Waals surface area (Å²) >= 11 is 0. The second-order valence-electron chi connectivity index (χ2n) is 13.2. The van der Waals surface area contributed by atoms with Crippen molar-refractivity contribution in [2.24, 2.45) is 58.2 Å². The lowest BCUT2D eigenvalue weighted by atomic mass is 9.44.